The molecule has 11 heavy (non-hydrogen) atoms. The third kappa shape index (κ3) is 3.16. The molecule has 0 atom stereocenters. The van der Waals surface area contributed by atoms with Crippen molar-refractivity contribution in [2.24, 2.45) is 0 Å². The average Bonchev–Trinajstić information content (AvgIpc) is 2.08. The van der Waals surface area contributed by atoms with Gasteiger partial charge < -0.3 is 9.47 Å². The molecule has 0 radical (unpaired) electrons. The first-order valence-corrected chi connectivity index (χ1v) is 3.91. The van der Waals surface area contributed by atoms with Gasteiger partial charge in [-0.25, -0.2) is 4.39 Å². The number of halogens is 1. The molecule has 0 aromatic carbocycles. The maximum atomic E-state index is 12.4. The highest BCUT2D eigenvalue weighted by Gasteiger charge is 2.28. The Labute approximate surface area is 67.7 Å². The van der Waals surface area contributed by atoms with Gasteiger partial charge in [-0.1, -0.05) is 13.3 Å². The second-order valence-corrected chi connectivity index (χ2v) is 2.56. The number of unbranched alkanes of at least 4 members (excludes halogenated alkanes) is 1. The van der Waals surface area contributed by atoms with Crippen molar-refractivity contribution in [3.8, 4) is 0 Å². The van der Waals surface area contributed by atoms with Crippen LogP contribution in [0.2, 0.25) is 0 Å². The zero-order chi connectivity index (χ0) is 8.74. The van der Waals surface area contributed by atoms with Gasteiger partial charge >= 0.3 is 0 Å². The van der Waals surface area contributed by atoms with Crippen LogP contribution in [-0.2, 0) is 9.47 Å². The van der Waals surface area contributed by atoms with Crippen LogP contribution in [0.3, 0.4) is 0 Å². The zero-order valence-electron chi connectivity index (χ0n) is 7.52. The highest BCUT2D eigenvalue weighted by molar-refractivity contribution is 4.66. The standard InChI is InChI=1S/C8H17FO2/c1-4-5-6-8(7-9,10-2)11-3/h4-7H2,1-3H3. The van der Waals surface area contributed by atoms with Gasteiger partial charge in [0.15, 0.2) is 5.79 Å². The molecular formula is C8H17FO2. The van der Waals surface area contributed by atoms with E-state index in [9.17, 15) is 4.39 Å². The van der Waals surface area contributed by atoms with Crippen molar-refractivity contribution in [2.75, 3.05) is 20.9 Å². The molecule has 0 N–H and O–H groups in total. The summed E-state index contributed by atoms with van der Waals surface area (Å²) in [5.74, 6) is -0.990. The molecule has 0 heterocycles. The minimum absolute atomic E-state index is 0.583. The van der Waals surface area contributed by atoms with Crippen LogP contribution in [0.1, 0.15) is 26.2 Å². The fourth-order valence-corrected chi connectivity index (χ4v) is 0.909. The largest absolute Gasteiger partial charge is 0.351 e. The van der Waals surface area contributed by atoms with E-state index in [1.54, 1.807) is 0 Å². The van der Waals surface area contributed by atoms with Crippen LogP contribution < -0.4 is 0 Å². The van der Waals surface area contributed by atoms with Crippen LogP contribution >= 0.6 is 0 Å². The number of rotatable bonds is 6. The van der Waals surface area contributed by atoms with Crippen LogP contribution in [0.15, 0.2) is 0 Å². The van der Waals surface area contributed by atoms with Crippen molar-refractivity contribution in [3.63, 3.8) is 0 Å². The first-order valence-electron chi connectivity index (χ1n) is 3.91. The Morgan fingerprint density at radius 1 is 1.27 bits per heavy atom. The summed E-state index contributed by atoms with van der Waals surface area (Å²) < 4.78 is 22.3. The number of hydrogen-bond donors (Lipinski definition) is 0. The van der Waals surface area contributed by atoms with Gasteiger partial charge in [0.2, 0.25) is 0 Å². The van der Waals surface area contributed by atoms with Gasteiger partial charge in [0.25, 0.3) is 0 Å². The first-order chi connectivity index (χ1) is 5.24. The highest BCUT2D eigenvalue weighted by atomic mass is 19.1. The molecule has 0 aromatic rings. The summed E-state index contributed by atoms with van der Waals surface area (Å²) in [4.78, 5) is 0. The van der Waals surface area contributed by atoms with Gasteiger partial charge in [-0.3, -0.25) is 0 Å². The Balaban J connectivity index is 3.84. The maximum absolute atomic E-state index is 12.4. The Morgan fingerprint density at radius 3 is 2.09 bits per heavy atom. The molecule has 0 unspecified atom stereocenters. The second kappa shape index (κ2) is 5.49. The fraction of sp³-hybridized carbons (Fsp3) is 1.00. The summed E-state index contributed by atoms with van der Waals surface area (Å²) in [6, 6.07) is 0. The fourth-order valence-electron chi connectivity index (χ4n) is 0.909. The van der Waals surface area contributed by atoms with Crippen molar-refractivity contribution in [1.82, 2.24) is 0 Å². The molecule has 0 aliphatic heterocycles. The summed E-state index contributed by atoms with van der Waals surface area (Å²) in [6.45, 7) is 1.47. The van der Waals surface area contributed by atoms with Crippen LogP contribution in [0.25, 0.3) is 0 Å². The average molecular weight is 164 g/mol. The molecule has 0 amide bonds. The molecule has 0 spiro atoms. The van der Waals surface area contributed by atoms with Gasteiger partial charge in [-0.05, 0) is 6.42 Å². The van der Waals surface area contributed by atoms with Crippen molar-refractivity contribution < 1.29 is 13.9 Å². The third-order valence-corrected chi connectivity index (χ3v) is 1.86. The van der Waals surface area contributed by atoms with E-state index in [0.717, 1.165) is 12.8 Å². The van der Waals surface area contributed by atoms with E-state index >= 15 is 0 Å². The molecule has 3 heteroatoms. The Kier molecular flexibility index (Phi) is 5.42. The number of hydrogen-bond acceptors (Lipinski definition) is 2. The molecule has 0 bridgehead atoms. The van der Waals surface area contributed by atoms with Crippen LogP contribution in [0.4, 0.5) is 4.39 Å². The minimum Gasteiger partial charge on any atom is -0.351 e. The predicted molar refractivity (Wildman–Crippen MR) is 42.2 cm³/mol. The van der Waals surface area contributed by atoms with Crippen molar-refractivity contribution in [2.45, 2.75) is 32.0 Å². The molecule has 0 saturated carbocycles. The van der Waals surface area contributed by atoms with E-state index in [-0.39, 0.29) is 0 Å². The normalized spacial score (nSPS) is 12.0. The lowest BCUT2D eigenvalue weighted by atomic mass is 10.1. The van der Waals surface area contributed by atoms with Crippen LogP contribution in [0.5, 0.6) is 0 Å². The van der Waals surface area contributed by atoms with Gasteiger partial charge in [0, 0.05) is 20.6 Å². The quantitative estimate of drug-likeness (QED) is 0.560. The van der Waals surface area contributed by atoms with Crippen molar-refractivity contribution in [3.05, 3.63) is 0 Å². The van der Waals surface area contributed by atoms with E-state index in [0.29, 0.717) is 6.42 Å². The van der Waals surface area contributed by atoms with Crippen LogP contribution in [-0.4, -0.2) is 26.7 Å². The molecule has 2 nitrogen and oxygen atoms in total. The molecule has 0 aliphatic rings. The second-order valence-electron chi connectivity index (χ2n) is 2.56. The molecule has 0 aliphatic carbocycles. The summed E-state index contributed by atoms with van der Waals surface area (Å²) in [6.07, 6.45) is 2.56. The number of ether oxygens (including phenoxy) is 2. The summed E-state index contributed by atoms with van der Waals surface area (Å²) in [5, 5.41) is 0. The van der Waals surface area contributed by atoms with Crippen molar-refractivity contribution >= 4 is 0 Å². The molecule has 0 aromatic heterocycles. The Bertz CT molecular complexity index is 83.8. The van der Waals surface area contributed by atoms with E-state index in [4.69, 9.17) is 9.47 Å². The van der Waals surface area contributed by atoms with Gasteiger partial charge in [0.1, 0.15) is 6.67 Å². The molecule has 0 saturated heterocycles. The van der Waals surface area contributed by atoms with E-state index < -0.39 is 12.5 Å². The Morgan fingerprint density at radius 2 is 1.82 bits per heavy atom. The summed E-state index contributed by atoms with van der Waals surface area (Å²) >= 11 is 0. The van der Waals surface area contributed by atoms with Crippen LogP contribution in [0, 0.1) is 0 Å². The highest BCUT2D eigenvalue weighted by Crippen LogP contribution is 2.19. The predicted octanol–water partition coefficient (Wildman–Crippen LogP) is 2.14. The smallest absolute Gasteiger partial charge is 0.196 e. The summed E-state index contributed by atoms with van der Waals surface area (Å²) in [7, 11) is 2.94. The molecular weight excluding hydrogens is 147 g/mol. The minimum atomic E-state index is -0.990. The lowest BCUT2D eigenvalue weighted by Gasteiger charge is -2.27. The lowest BCUT2D eigenvalue weighted by molar-refractivity contribution is -0.219. The van der Waals surface area contributed by atoms with E-state index in [1.807, 2.05) is 6.92 Å². The summed E-state index contributed by atoms with van der Waals surface area (Å²) in [5.41, 5.74) is 0. The molecule has 68 valence electrons. The van der Waals surface area contributed by atoms with E-state index in [2.05, 4.69) is 0 Å². The van der Waals surface area contributed by atoms with Gasteiger partial charge in [0.05, 0.1) is 0 Å². The topological polar surface area (TPSA) is 18.5 Å². The van der Waals surface area contributed by atoms with Crippen molar-refractivity contribution in [1.29, 1.82) is 0 Å². The maximum Gasteiger partial charge on any atom is 0.196 e. The SMILES string of the molecule is CCCCC(CF)(OC)OC. The van der Waals surface area contributed by atoms with Gasteiger partial charge in [-0.2, -0.15) is 0 Å². The molecule has 0 fully saturated rings. The third-order valence-electron chi connectivity index (χ3n) is 1.86. The lowest BCUT2D eigenvalue weighted by Crippen LogP contribution is -2.36. The van der Waals surface area contributed by atoms with Gasteiger partial charge in [-0.15, -0.1) is 0 Å². The zero-order valence-corrected chi connectivity index (χ0v) is 7.52. The number of alkyl halides is 1. The monoisotopic (exact) mass is 164 g/mol. The number of methoxy groups -OCH3 is 2. The van der Waals surface area contributed by atoms with E-state index in [1.165, 1.54) is 14.2 Å². The first kappa shape index (κ1) is 10.8. The molecule has 0 rings (SSSR count). The Hall–Kier alpha value is -0.150.